The number of carbonyl (C=O) groups is 1. The summed E-state index contributed by atoms with van der Waals surface area (Å²) in [6.45, 7) is 1.87. The molecule has 0 unspecified atom stereocenters. The Bertz CT molecular complexity index is 1460. The van der Waals surface area contributed by atoms with Crippen molar-refractivity contribution in [2.45, 2.75) is 6.92 Å². The van der Waals surface area contributed by atoms with Gasteiger partial charge in [-0.2, -0.15) is 0 Å². The number of hydrogen-bond acceptors (Lipinski definition) is 5. The monoisotopic (exact) mass is 414 g/mol. The van der Waals surface area contributed by atoms with Crippen molar-refractivity contribution in [3.8, 4) is 22.6 Å². The number of carboxylic acids is 1. The number of halogens is 1. The van der Waals surface area contributed by atoms with E-state index < -0.39 is 11.8 Å². The number of aryl methyl sites for hydroxylation is 1. The van der Waals surface area contributed by atoms with Gasteiger partial charge in [0.25, 0.3) is 0 Å². The van der Waals surface area contributed by atoms with E-state index in [0.29, 0.717) is 44.4 Å². The van der Waals surface area contributed by atoms with Crippen molar-refractivity contribution in [3.05, 3.63) is 78.4 Å². The summed E-state index contributed by atoms with van der Waals surface area (Å²) >= 11 is 0. The third-order valence-corrected chi connectivity index (χ3v) is 5.05. The first-order chi connectivity index (χ1) is 15.0. The number of aromatic nitrogens is 4. The molecule has 0 aliphatic heterocycles. The number of pyridine rings is 1. The van der Waals surface area contributed by atoms with Crippen molar-refractivity contribution in [2.75, 3.05) is 0 Å². The van der Waals surface area contributed by atoms with Crippen LogP contribution in [0.1, 0.15) is 16.1 Å². The highest BCUT2D eigenvalue weighted by molar-refractivity contribution is 6.18. The van der Waals surface area contributed by atoms with Crippen LogP contribution in [0.25, 0.3) is 32.9 Å². The predicted molar refractivity (Wildman–Crippen MR) is 113 cm³/mol. The number of benzene rings is 2. The highest BCUT2D eigenvalue weighted by Crippen LogP contribution is 2.39. The zero-order valence-corrected chi connectivity index (χ0v) is 16.3. The largest absolute Gasteiger partial charge is 0.476 e. The van der Waals surface area contributed by atoms with Gasteiger partial charge in [0, 0.05) is 33.6 Å². The van der Waals surface area contributed by atoms with Crippen molar-refractivity contribution in [1.29, 1.82) is 0 Å². The molecule has 5 aromatic rings. The van der Waals surface area contributed by atoms with E-state index in [1.807, 2.05) is 13.0 Å². The van der Waals surface area contributed by atoms with Crippen LogP contribution >= 0.6 is 0 Å². The fourth-order valence-corrected chi connectivity index (χ4v) is 3.67. The van der Waals surface area contributed by atoms with Gasteiger partial charge in [0.05, 0.1) is 17.9 Å². The molecule has 8 heteroatoms. The molecule has 0 saturated heterocycles. The van der Waals surface area contributed by atoms with Crippen LogP contribution in [0.2, 0.25) is 0 Å². The van der Waals surface area contributed by atoms with Crippen LogP contribution in [-0.4, -0.2) is 31.0 Å². The van der Waals surface area contributed by atoms with Crippen LogP contribution in [0.5, 0.6) is 11.5 Å². The quantitative estimate of drug-likeness (QED) is 0.424. The number of fused-ring (bicyclic) bond motifs is 3. The van der Waals surface area contributed by atoms with E-state index in [9.17, 15) is 14.3 Å². The van der Waals surface area contributed by atoms with Gasteiger partial charge in [-0.05, 0) is 30.7 Å². The van der Waals surface area contributed by atoms with Crippen molar-refractivity contribution >= 4 is 27.8 Å². The van der Waals surface area contributed by atoms with Crippen molar-refractivity contribution in [3.63, 3.8) is 0 Å². The molecule has 7 nitrogen and oxygen atoms in total. The van der Waals surface area contributed by atoms with Gasteiger partial charge in [-0.1, -0.05) is 18.2 Å². The average molecular weight is 414 g/mol. The third kappa shape index (κ3) is 3.14. The third-order valence-electron chi connectivity index (χ3n) is 5.05. The van der Waals surface area contributed by atoms with Gasteiger partial charge in [0.1, 0.15) is 17.9 Å². The molecule has 0 fully saturated rings. The number of aromatic amines is 1. The molecule has 0 aliphatic rings. The van der Waals surface area contributed by atoms with Gasteiger partial charge < -0.3 is 14.8 Å². The molecule has 0 atom stereocenters. The van der Waals surface area contributed by atoms with E-state index in [4.69, 9.17) is 4.74 Å². The van der Waals surface area contributed by atoms with Crippen LogP contribution in [0.3, 0.4) is 0 Å². The second-order valence-electron chi connectivity index (χ2n) is 7.02. The van der Waals surface area contributed by atoms with E-state index in [0.717, 1.165) is 5.56 Å². The molecule has 3 aromatic heterocycles. The lowest BCUT2D eigenvalue weighted by Gasteiger charge is -2.09. The lowest BCUT2D eigenvalue weighted by Crippen LogP contribution is -2.02. The molecule has 0 aliphatic carbocycles. The van der Waals surface area contributed by atoms with Gasteiger partial charge in [-0.15, -0.1) is 0 Å². The second kappa shape index (κ2) is 7.17. The Morgan fingerprint density at radius 3 is 2.61 bits per heavy atom. The van der Waals surface area contributed by atoms with E-state index >= 15 is 0 Å². The molecule has 0 bridgehead atoms. The van der Waals surface area contributed by atoms with Gasteiger partial charge in [0.2, 0.25) is 0 Å². The number of nitrogens with zero attached hydrogens (tertiary/aromatic N) is 3. The summed E-state index contributed by atoms with van der Waals surface area (Å²) in [5, 5.41) is 10.9. The highest BCUT2D eigenvalue weighted by Gasteiger charge is 2.21. The second-order valence-corrected chi connectivity index (χ2v) is 7.02. The molecule has 3 heterocycles. The smallest absolute Gasteiger partial charge is 0.356 e. The number of ether oxygens (including phenoxy) is 1. The topological polar surface area (TPSA) is 101 Å². The summed E-state index contributed by atoms with van der Waals surface area (Å²) in [5.74, 6) is -0.581. The minimum absolute atomic E-state index is 0.136. The fraction of sp³-hybridized carbons (Fsp3) is 0.0435. The first kappa shape index (κ1) is 18.7. The molecule has 152 valence electrons. The minimum Gasteiger partial charge on any atom is -0.476 e. The lowest BCUT2D eigenvalue weighted by atomic mass is 9.99. The Morgan fingerprint density at radius 2 is 1.87 bits per heavy atom. The Balaban J connectivity index is 1.82. The maximum absolute atomic E-state index is 14.6. The van der Waals surface area contributed by atoms with E-state index in [1.54, 1.807) is 36.7 Å². The molecule has 5 rings (SSSR count). The zero-order chi connectivity index (χ0) is 21.5. The summed E-state index contributed by atoms with van der Waals surface area (Å²) in [4.78, 5) is 26.9. The van der Waals surface area contributed by atoms with Crippen molar-refractivity contribution in [1.82, 2.24) is 19.9 Å². The van der Waals surface area contributed by atoms with Gasteiger partial charge in [-0.25, -0.2) is 24.1 Å². The standard InChI is InChI=1S/C23H15FN4O3/c1-12-6-18-15(7-19(12)31-13-8-25-11-26-9-13)20-16(14-4-2-3-5-17(14)24)10-27-22(23(29)30)21(20)28-18/h2-11,28H,1H3,(H,29,30). The van der Waals surface area contributed by atoms with Crippen LogP contribution < -0.4 is 4.74 Å². The van der Waals surface area contributed by atoms with Crippen LogP contribution in [0.15, 0.2) is 61.3 Å². The molecule has 0 amide bonds. The first-order valence-electron chi connectivity index (χ1n) is 9.39. The number of rotatable bonds is 4. The Kier molecular flexibility index (Phi) is 4.32. The molecule has 0 radical (unpaired) electrons. The summed E-state index contributed by atoms with van der Waals surface area (Å²) in [6.07, 6.45) is 5.89. The van der Waals surface area contributed by atoms with Gasteiger partial charge in [0.15, 0.2) is 11.4 Å². The molecular formula is C23H15FN4O3. The number of H-pyrrole nitrogens is 1. The van der Waals surface area contributed by atoms with E-state index in [-0.39, 0.29) is 5.69 Å². The minimum atomic E-state index is -1.17. The fourth-order valence-electron chi connectivity index (χ4n) is 3.67. The Labute approximate surface area is 175 Å². The maximum Gasteiger partial charge on any atom is 0.356 e. The van der Waals surface area contributed by atoms with E-state index in [2.05, 4.69) is 19.9 Å². The first-order valence-corrected chi connectivity index (χ1v) is 9.39. The summed E-state index contributed by atoms with van der Waals surface area (Å²) in [7, 11) is 0. The van der Waals surface area contributed by atoms with Crippen LogP contribution in [-0.2, 0) is 0 Å². The Hall–Kier alpha value is -4.33. The predicted octanol–water partition coefficient (Wildman–Crippen LogP) is 5.11. The normalized spacial score (nSPS) is 11.2. The molecule has 0 saturated carbocycles. The molecule has 0 spiro atoms. The number of aromatic carboxylic acids is 1. The van der Waals surface area contributed by atoms with Gasteiger partial charge >= 0.3 is 5.97 Å². The van der Waals surface area contributed by atoms with Crippen molar-refractivity contribution < 1.29 is 19.0 Å². The van der Waals surface area contributed by atoms with E-state index in [1.165, 1.54) is 18.6 Å². The number of hydrogen-bond donors (Lipinski definition) is 2. The van der Waals surface area contributed by atoms with Crippen LogP contribution in [0, 0.1) is 12.7 Å². The zero-order valence-electron chi connectivity index (χ0n) is 16.3. The lowest BCUT2D eigenvalue weighted by molar-refractivity contribution is 0.0692. The van der Waals surface area contributed by atoms with Crippen LogP contribution in [0.4, 0.5) is 4.39 Å². The SMILES string of the molecule is Cc1cc2[nH]c3c(C(=O)O)ncc(-c4ccccc4F)c3c2cc1Oc1cncnc1. The summed E-state index contributed by atoms with van der Waals surface area (Å²) in [5.41, 5.74) is 2.52. The van der Waals surface area contributed by atoms with Crippen molar-refractivity contribution in [2.24, 2.45) is 0 Å². The molecule has 31 heavy (non-hydrogen) atoms. The average Bonchev–Trinajstić information content (AvgIpc) is 3.12. The number of nitrogens with one attached hydrogen (secondary N) is 1. The highest BCUT2D eigenvalue weighted by atomic mass is 19.1. The molecular weight excluding hydrogens is 399 g/mol. The molecule has 2 aromatic carbocycles. The maximum atomic E-state index is 14.6. The molecule has 2 N–H and O–H groups in total. The summed E-state index contributed by atoms with van der Waals surface area (Å²) in [6, 6.07) is 9.96. The van der Waals surface area contributed by atoms with Gasteiger partial charge in [-0.3, -0.25) is 0 Å². The summed E-state index contributed by atoms with van der Waals surface area (Å²) < 4.78 is 20.5. The number of carboxylic acid groups (broad SMARTS) is 1. The Morgan fingerprint density at radius 1 is 1.10 bits per heavy atom.